The molecule has 2 aliphatic rings. The highest BCUT2D eigenvalue weighted by Crippen LogP contribution is 2.50. The molecule has 0 spiro atoms. The second-order valence-corrected chi connectivity index (χ2v) is 7.44. The van der Waals surface area contributed by atoms with Crippen LogP contribution in [0.2, 0.25) is 0 Å². The minimum atomic E-state index is -1.71. The minimum Gasteiger partial charge on any atom is -0.507 e. The number of aromatic hydroxyl groups is 2. The van der Waals surface area contributed by atoms with Gasteiger partial charge < -0.3 is 25.2 Å². The maximum atomic E-state index is 13.0. The van der Waals surface area contributed by atoms with Gasteiger partial charge in [0.25, 0.3) is 0 Å². The number of phenols is 2. The van der Waals surface area contributed by atoms with Crippen molar-refractivity contribution in [1.29, 1.82) is 0 Å². The Morgan fingerprint density at radius 3 is 2.21 bits per heavy atom. The maximum Gasteiger partial charge on any atom is 0.302 e. The van der Waals surface area contributed by atoms with Gasteiger partial charge in [-0.2, -0.15) is 0 Å². The van der Waals surface area contributed by atoms with E-state index in [2.05, 4.69) is 0 Å². The number of esters is 1. The summed E-state index contributed by atoms with van der Waals surface area (Å²) < 4.78 is 4.85. The van der Waals surface area contributed by atoms with Crippen LogP contribution in [0.4, 0.5) is 0 Å². The lowest BCUT2D eigenvalue weighted by atomic mass is 9.73. The van der Waals surface area contributed by atoms with Crippen molar-refractivity contribution in [1.82, 2.24) is 0 Å². The van der Waals surface area contributed by atoms with Crippen molar-refractivity contribution < 1.29 is 39.5 Å². The van der Waals surface area contributed by atoms with Crippen molar-refractivity contribution in [2.75, 3.05) is 6.61 Å². The molecule has 2 aliphatic carbocycles. The number of phenolic OH excluding ortho intramolecular Hbond substituents is 2. The third-order valence-corrected chi connectivity index (χ3v) is 5.42. The van der Waals surface area contributed by atoms with E-state index in [-0.39, 0.29) is 46.2 Å². The molecule has 0 radical (unpaired) electrons. The van der Waals surface area contributed by atoms with Gasteiger partial charge in [0.05, 0.1) is 17.2 Å². The number of ether oxygens (including phenoxy) is 1. The highest BCUT2D eigenvalue weighted by Gasteiger charge is 2.45. The lowest BCUT2D eigenvalue weighted by molar-refractivity contribution is -0.151. The molecule has 0 heterocycles. The van der Waals surface area contributed by atoms with Crippen LogP contribution in [0.1, 0.15) is 62.4 Å². The number of carbonyl (C=O) groups is 3. The van der Waals surface area contributed by atoms with Crippen LogP contribution in [-0.2, 0) is 16.0 Å². The normalized spacial score (nSPS) is 22.5. The number of aliphatic hydroxyl groups excluding tert-OH is 1. The van der Waals surface area contributed by atoms with Crippen molar-refractivity contribution in [2.24, 2.45) is 0 Å². The Kier molecular flexibility index (Phi) is 4.21. The molecule has 0 unspecified atom stereocenters. The molecule has 2 atom stereocenters. The Bertz CT molecular complexity index is 1090. The highest BCUT2D eigenvalue weighted by molar-refractivity contribution is 6.30. The molecule has 4 rings (SSSR count). The Hall–Kier alpha value is -3.23. The summed E-state index contributed by atoms with van der Waals surface area (Å²) in [7, 11) is 0. The summed E-state index contributed by atoms with van der Waals surface area (Å²) in [6.45, 7) is 0.726. The van der Waals surface area contributed by atoms with E-state index in [9.17, 15) is 34.8 Å². The van der Waals surface area contributed by atoms with Gasteiger partial charge in [-0.05, 0) is 0 Å². The smallest absolute Gasteiger partial charge is 0.302 e. The van der Waals surface area contributed by atoms with Crippen molar-refractivity contribution in [2.45, 2.75) is 31.5 Å². The molecule has 2 aromatic rings. The standard InChI is InChI=1S/C21H18O8/c1-9(22)29-8-21(28)6-12-14(13(23)7-21)20(27)16-15(19(12)26)17(24)10-4-2-3-5-11(10)18(16)25/h2-5,13,23,26-28H,6-8H2,1H3/t13-,21-/m0/s1. The number of carbonyl (C=O) groups excluding carboxylic acids is 3. The van der Waals surface area contributed by atoms with Crippen LogP contribution in [0.3, 0.4) is 0 Å². The highest BCUT2D eigenvalue weighted by atomic mass is 16.5. The fraction of sp³-hybridized carbons (Fsp3) is 0.286. The zero-order valence-corrected chi connectivity index (χ0v) is 15.4. The number of rotatable bonds is 2. The molecule has 8 heteroatoms. The minimum absolute atomic E-state index is 0.0600. The third kappa shape index (κ3) is 2.80. The lowest BCUT2D eigenvalue weighted by Crippen LogP contribution is -2.43. The first-order chi connectivity index (χ1) is 13.6. The average Bonchev–Trinajstić information content (AvgIpc) is 2.67. The van der Waals surface area contributed by atoms with Crippen molar-refractivity contribution in [3.8, 4) is 11.5 Å². The van der Waals surface area contributed by atoms with E-state index in [1.54, 1.807) is 12.1 Å². The number of benzene rings is 2. The maximum absolute atomic E-state index is 13.0. The van der Waals surface area contributed by atoms with Crippen LogP contribution in [0.15, 0.2) is 24.3 Å². The molecule has 0 fully saturated rings. The second-order valence-electron chi connectivity index (χ2n) is 7.44. The summed E-state index contributed by atoms with van der Waals surface area (Å²) in [4.78, 5) is 37.0. The molecule has 0 aromatic heterocycles. The van der Waals surface area contributed by atoms with Crippen LogP contribution in [0.5, 0.6) is 11.5 Å². The van der Waals surface area contributed by atoms with E-state index in [1.165, 1.54) is 12.1 Å². The number of aliphatic hydroxyl groups is 2. The van der Waals surface area contributed by atoms with Crippen LogP contribution < -0.4 is 0 Å². The predicted molar refractivity (Wildman–Crippen MR) is 97.9 cm³/mol. The second kappa shape index (κ2) is 6.40. The molecule has 0 saturated carbocycles. The fourth-order valence-corrected chi connectivity index (χ4v) is 4.13. The number of hydrogen-bond donors (Lipinski definition) is 4. The summed E-state index contributed by atoms with van der Waals surface area (Å²) in [6.07, 6.45) is -2.03. The predicted octanol–water partition coefficient (Wildman–Crippen LogP) is 1.15. The lowest BCUT2D eigenvalue weighted by Gasteiger charge is -2.37. The number of hydrogen-bond acceptors (Lipinski definition) is 8. The van der Waals surface area contributed by atoms with E-state index in [0.29, 0.717) is 0 Å². The van der Waals surface area contributed by atoms with E-state index in [4.69, 9.17) is 4.74 Å². The summed E-state index contributed by atoms with van der Waals surface area (Å²) in [5.41, 5.74) is -2.44. The number of ketones is 2. The molecular formula is C21H18O8. The summed E-state index contributed by atoms with van der Waals surface area (Å²) >= 11 is 0. The van der Waals surface area contributed by atoms with Crippen LogP contribution in [0.25, 0.3) is 0 Å². The van der Waals surface area contributed by atoms with E-state index in [1.807, 2.05) is 0 Å². The van der Waals surface area contributed by atoms with Gasteiger partial charge in [-0.1, -0.05) is 24.3 Å². The zero-order valence-electron chi connectivity index (χ0n) is 15.4. The first-order valence-corrected chi connectivity index (χ1v) is 8.97. The Morgan fingerprint density at radius 2 is 1.66 bits per heavy atom. The summed E-state index contributed by atoms with van der Waals surface area (Å²) in [5.74, 6) is -3.09. The Labute approximate surface area is 165 Å². The van der Waals surface area contributed by atoms with E-state index in [0.717, 1.165) is 6.92 Å². The number of fused-ring (bicyclic) bond motifs is 3. The average molecular weight is 398 g/mol. The quantitative estimate of drug-likeness (QED) is 0.372. The Morgan fingerprint density at radius 1 is 1.10 bits per heavy atom. The van der Waals surface area contributed by atoms with Gasteiger partial charge in [-0.15, -0.1) is 0 Å². The molecule has 8 nitrogen and oxygen atoms in total. The summed E-state index contributed by atoms with van der Waals surface area (Å²) in [6, 6.07) is 6.04. The van der Waals surface area contributed by atoms with E-state index >= 15 is 0 Å². The van der Waals surface area contributed by atoms with Gasteiger partial charge in [0.15, 0.2) is 11.6 Å². The molecule has 0 saturated heterocycles. The molecule has 2 aromatic carbocycles. The monoisotopic (exact) mass is 398 g/mol. The van der Waals surface area contributed by atoms with Gasteiger partial charge in [0, 0.05) is 42.0 Å². The van der Waals surface area contributed by atoms with Gasteiger partial charge in [-0.25, -0.2) is 0 Å². The molecule has 0 bridgehead atoms. The van der Waals surface area contributed by atoms with Crippen LogP contribution in [0, 0.1) is 0 Å². The van der Waals surface area contributed by atoms with Gasteiger partial charge in [0.1, 0.15) is 23.7 Å². The third-order valence-electron chi connectivity index (χ3n) is 5.42. The molecule has 0 aliphatic heterocycles. The zero-order chi connectivity index (χ0) is 21.1. The molecule has 29 heavy (non-hydrogen) atoms. The SMILES string of the molecule is CC(=O)OC[C@]1(O)Cc2c(O)c3c(c(O)c2[C@@H](O)C1)C(=O)c1ccccc1C3=O. The van der Waals surface area contributed by atoms with Crippen LogP contribution >= 0.6 is 0 Å². The van der Waals surface area contributed by atoms with Gasteiger partial charge in [-0.3, -0.25) is 14.4 Å². The van der Waals surface area contributed by atoms with E-state index < -0.39 is 47.3 Å². The first-order valence-electron chi connectivity index (χ1n) is 8.97. The van der Waals surface area contributed by atoms with Crippen LogP contribution in [-0.4, -0.2) is 50.2 Å². The molecule has 0 amide bonds. The Balaban J connectivity index is 1.91. The topological polar surface area (TPSA) is 141 Å². The molecule has 4 N–H and O–H groups in total. The first kappa shape index (κ1) is 19.1. The largest absolute Gasteiger partial charge is 0.507 e. The van der Waals surface area contributed by atoms with Gasteiger partial charge >= 0.3 is 5.97 Å². The van der Waals surface area contributed by atoms with Crippen molar-refractivity contribution in [3.05, 3.63) is 57.6 Å². The summed E-state index contributed by atoms with van der Waals surface area (Å²) in [5, 5.41) is 42.9. The fourth-order valence-electron chi connectivity index (χ4n) is 4.13. The van der Waals surface area contributed by atoms with Gasteiger partial charge in [0.2, 0.25) is 0 Å². The molecule has 150 valence electrons. The van der Waals surface area contributed by atoms with Crippen molar-refractivity contribution >= 4 is 17.5 Å². The molecular weight excluding hydrogens is 380 g/mol. The van der Waals surface area contributed by atoms with Crippen molar-refractivity contribution in [3.63, 3.8) is 0 Å².